The first kappa shape index (κ1) is 11.4. The molecule has 1 aliphatic carbocycles. The Morgan fingerprint density at radius 3 is 1.27 bits per heavy atom. The molecule has 0 unspecified atom stereocenters. The third-order valence-electron chi connectivity index (χ3n) is 2.36. The largest absolute Gasteiger partial charge is 0.299 e. The van der Waals surface area contributed by atoms with E-state index in [-0.39, 0.29) is 11.1 Å². The summed E-state index contributed by atoms with van der Waals surface area (Å²) in [5.41, 5.74) is 0.476. The zero-order valence-electron chi connectivity index (χ0n) is 8.39. The number of hydrogen-bond acceptors (Lipinski definition) is 0. The lowest BCUT2D eigenvalue weighted by atomic mass is 10.1. The van der Waals surface area contributed by atoms with Crippen LogP contribution >= 0.6 is 0 Å². The Labute approximate surface area is 88.3 Å². The lowest BCUT2D eigenvalue weighted by Crippen LogP contribution is -2.17. The molecule has 0 aromatic rings. The molecule has 0 saturated heterocycles. The fraction of sp³-hybridized carbons (Fsp3) is 0.0769. The number of alkyl halides is 2. The molecule has 0 N–H and O–H groups in total. The monoisotopic (exact) mass is 206 g/mol. The van der Waals surface area contributed by atoms with Gasteiger partial charge in [0.15, 0.2) is 0 Å². The molecule has 0 amide bonds. The zero-order chi connectivity index (χ0) is 11.6. The van der Waals surface area contributed by atoms with Gasteiger partial charge >= 0.3 is 0 Å². The highest BCUT2D eigenvalue weighted by molar-refractivity contribution is 5.66. The summed E-state index contributed by atoms with van der Waals surface area (Å²) in [4.78, 5) is 0. The van der Waals surface area contributed by atoms with E-state index in [4.69, 9.17) is 0 Å². The third-order valence-corrected chi connectivity index (χ3v) is 2.36. The van der Waals surface area contributed by atoms with E-state index < -0.39 is 5.92 Å². The molecule has 78 valence electrons. The van der Waals surface area contributed by atoms with E-state index in [2.05, 4.69) is 26.3 Å². The Morgan fingerprint density at radius 2 is 1.07 bits per heavy atom. The first-order valence-corrected chi connectivity index (χ1v) is 4.42. The topological polar surface area (TPSA) is 0 Å². The van der Waals surface area contributed by atoms with Crippen LogP contribution < -0.4 is 0 Å². The van der Waals surface area contributed by atoms with Gasteiger partial charge in [0.1, 0.15) is 0 Å². The lowest BCUT2D eigenvalue weighted by Gasteiger charge is -2.13. The fourth-order valence-electron chi connectivity index (χ4n) is 1.69. The maximum absolute atomic E-state index is 13.8. The summed E-state index contributed by atoms with van der Waals surface area (Å²) in [5.74, 6) is -3.05. The second-order valence-corrected chi connectivity index (χ2v) is 3.05. The Hall–Kier alpha value is -1.70. The highest BCUT2D eigenvalue weighted by Crippen LogP contribution is 2.46. The van der Waals surface area contributed by atoms with Gasteiger partial charge in [0.25, 0.3) is 5.92 Å². The van der Waals surface area contributed by atoms with E-state index in [1.807, 2.05) is 0 Å². The molecule has 1 aliphatic rings. The standard InChI is InChI=1S/C13H12F2/c1-5-9-10(6-2)12(8-4)13(14,15)11(9)7-3/h5-8H,1-4H2. The molecule has 1 rings (SSSR count). The van der Waals surface area contributed by atoms with Gasteiger partial charge in [-0.3, -0.25) is 0 Å². The Kier molecular flexibility index (Phi) is 2.89. The predicted molar refractivity (Wildman–Crippen MR) is 59.8 cm³/mol. The maximum Gasteiger partial charge on any atom is 0.299 e. The molecule has 0 fully saturated rings. The summed E-state index contributed by atoms with van der Waals surface area (Å²) < 4.78 is 27.6. The molecule has 0 bridgehead atoms. The molecule has 0 nitrogen and oxygen atoms in total. The van der Waals surface area contributed by atoms with Gasteiger partial charge in [-0.25, -0.2) is 0 Å². The van der Waals surface area contributed by atoms with Crippen molar-refractivity contribution in [3.05, 3.63) is 72.9 Å². The number of halogens is 2. The maximum atomic E-state index is 13.8. The second kappa shape index (κ2) is 3.81. The van der Waals surface area contributed by atoms with Crippen molar-refractivity contribution in [1.82, 2.24) is 0 Å². The minimum absolute atomic E-state index is 0.137. The molecule has 0 aromatic carbocycles. The van der Waals surface area contributed by atoms with Crippen molar-refractivity contribution in [3.8, 4) is 0 Å². The van der Waals surface area contributed by atoms with E-state index in [0.717, 1.165) is 12.2 Å². The Balaban J connectivity index is 3.58. The molecule has 15 heavy (non-hydrogen) atoms. The minimum Gasteiger partial charge on any atom is -0.196 e. The van der Waals surface area contributed by atoms with Crippen LogP contribution in [0.3, 0.4) is 0 Å². The van der Waals surface area contributed by atoms with Crippen molar-refractivity contribution in [3.63, 3.8) is 0 Å². The summed E-state index contributed by atoms with van der Waals surface area (Å²) >= 11 is 0. The van der Waals surface area contributed by atoms with Crippen LogP contribution in [0.5, 0.6) is 0 Å². The number of hydrogen-bond donors (Lipinski definition) is 0. The summed E-state index contributed by atoms with van der Waals surface area (Å²) in [5, 5.41) is 0. The van der Waals surface area contributed by atoms with Gasteiger partial charge in [-0.15, -0.1) is 0 Å². The molecular formula is C13H12F2. The van der Waals surface area contributed by atoms with Crippen LogP contribution in [0.1, 0.15) is 0 Å². The van der Waals surface area contributed by atoms with E-state index >= 15 is 0 Å². The van der Waals surface area contributed by atoms with Crippen molar-refractivity contribution in [2.45, 2.75) is 5.92 Å². The predicted octanol–water partition coefficient (Wildman–Crippen LogP) is 3.97. The number of rotatable bonds is 4. The first-order valence-electron chi connectivity index (χ1n) is 4.42. The summed E-state index contributed by atoms with van der Waals surface area (Å²) in [6.07, 6.45) is 5.07. The SMILES string of the molecule is C=CC1=C(C=C)C(F)(F)C(C=C)=C1C=C. The summed E-state index contributed by atoms with van der Waals surface area (Å²) in [6, 6.07) is 0. The van der Waals surface area contributed by atoms with Crippen LogP contribution in [0.4, 0.5) is 8.78 Å². The molecule has 0 aromatic heterocycles. The Morgan fingerprint density at radius 1 is 0.733 bits per heavy atom. The smallest absolute Gasteiger partial charge is 0.196 e. The molecule has 0 atom stereocenters. The molecule has 0 radical (unpaired) electrons. The van der Waals surface area contributed by atoms with E-state index in [1.54, 1.807) is 0 Å². The Bertz CT molecular complexity index is 368. The molecule has 2 heteroatoms. The molecular weight excluding hydrogens is 194 g/mol. The third kappa shape index (κ3) is 1.42. The minimum atomic E-state index is -3.05. The highest BCUT2D eigenvalue weighted by atomic mass is 19.3. The average molecular weight is 206 g/mol. The normalized spacial score (nSPS) is 19.1. The van der Waals surface area contributed by atoms with Crippen molar-refractivity contribution in [2.24, 2.45) is 0 Å². The van der Waals surface area contributed by atoms with E-state index in [1.165, 1.54) is 12.2 Å². The van der Waals surface area contributed by atoms with E-state index in [9.17, 15) is 8.78 Å². The molecule has 0 spiro atoms. The average Bonchev–Trinajstić information content (AvgIpc) is 2.43. The van der Waals surface area contributed by atoms with Gasteiger partial charge in [-0.1, -0.05) is 50.6 Å². The van der Waals surface area contributed by atoms with Crippen LogP contribution in [-0.2, 0) is 0 Å². The van der Waals surface area contributed by atoms with Crippen molar-refractivity contribution in [1.29, 1.82) is 0 Å². The van der Waals surface area contributed by atoms with Crippen LogP contribution in [-0.4, -0.2) is 5.92 Å². The highest BCUT2D eigenvalue weighted by Gasteiger charge is 2.44. The van der Waals surface area contributed by atoms with Crippen molar-refractivity contribution < 1.29 is 8.78 Å². The lowest BCUT2D eigenvalue weighted by molar-refractivity contribution is 0.0941. The quantitative estimate of drug-likeness (QED) is 0.652. The van der Waals surface area contributed by atoms with Crippen LogP contribution in [0.25, 0.3) is 0 Å². The summed E-state index contributed by atoms with van der Waals surface area (Å²) in [7, 11) is 0. The van der Waals surface area contributed by atoms with Gasteiger partial charge in [-0.2, -0.15) is 8.78 Å². The zero-order valence-corrected chi connectivity index (χ0v) is 8.39. The first-order chi connectivity index (χ1) is 7.04. The molecule has 0 heterocycles. The van der Waals surface area contributed by atoms with Gasteiger partial charge < -0.3 is 0 Å². The second-order valence-electron chi connectivity index (χ2n) is 3.05. The van der Waals surface area contributed by atoms with Gasteiger partial charge in [0.05, 0.1) is 0 Å². The van der Waals surface area contributed by atoms with Crippen LogP contribution in [0.15, 0.2) is 72.9 Å². The molecule has 0 saturated carbocycles. The van der Waals surface area contributed by atoms with Crippen molar-refractivity contribution >= 4 is 0 Å². The van der Waals surface area contributed by atoms with Crippen molar-refractivity contribution in [2.75, 3.05) is 0 Å². The van der Waals surface area contributed by atoms with Gasteiger partial charge in [-0.05, 0) is 11.1 Å². The van der Waals surface area contributed by atoms with E-state index in [0.29, 0.717) is 11.1 Å². The van der Waals surface area contributed by atoms with Crippen LogP contribution in [0, 0.1) is 0 Å². The fourth-order valence-corrected chi connectivity index (χ4v) is 1.69. The van der Waals surface area contributed by atoms with Gasteiger partial charge in [0.2, 0.25) is 0 Å². The molecule has 0 aliphatic heterocycles. The van der Waals surface area contributed by atoms with Gasteiger partial charge in [0, 0.05) is 11.1 Å². The number of allylic oxidation sites excluding steroid dienone is 8. The summed E-state index contributed by atoms with van der Waals surface area (Å²) in [6.45, 7) is 13.8. The van der Waals surface area contributed by atoms with Crippen LogP contribution in [0.2, 0.25) is 0 Å².